The molecule has 0 spiro atoms. The molecule has 0 fully saturated rings. The molecule has 0 saturated carbocycles. The monoisotopic (exact) mass is 2030 g/mol. The number of rotatable bonds is 6. The zero-order valence-electron chi connectivity index (χ0n) is 79.6. The van der Waals surface area contributed by atoms with Gasteiger partial charge in [-0.05, 0) is 194 Å². The van der Waals surface area contributed by atoms with E-state index >= 15 is 0 Å². The third-order valence-electron chi connectivity index (χ3n) is 28.9. The van der Waals surface area contributed by atoms with Gasteiger partial charge >= 0.3 is 310 Å². The van der Waals surface area contributed by atoms with Gasteiger partial charge in [-0.15, -0.1) is 0 Å². The molecule has 145 heavy (non-hydrogen) atoms. The summed E-state index contributed by atoms with van der Waals surface area (Å²) in [6, 6.07) is 149. The molecule has 6 aliphatic rings. The Bertz CT molecular complexity index is 9660. The van der Waals surface area contributed by atoms with Crippen molar-refractivity contribution >= 4 is 283 Å². The second-order valence-electron chi connectivity index (χ2n) is 38.3. The van der Waals surface area contributed by atoms with Crippen LogP contribution in [0.3, 0.4) is 0 Å². The second kappa shape index (κ2) is 33.5. The van der Waals surface area contributed by atoms with Crippen molar-refractivity contribution in [2.45, 2.75) is 61.1 Å². The molecule has 0 saturated heterocycles. The number of aryl methyl sites for hydroxylation is 6. The Morgan fingerprint density at radius 3 is 1.08 bits per heavy atom. The van der Waals surface area contributed by atoms with E-state index in [0.29, 0.717) is 0 Å². The van der Waals surface area contributed by atoms with E-state index in [0.717, 1.165) is 145 Å². The number of anilines is 18. The predicted octanol–water partition coefficient (Wildman–Crippen LogP) is 35.1. The van der Waals surface area contributed by atoms with Crippen LogP contribution < -0.4 is 56.7 Å². The van der Waals surface area contributed by atoms with Crippen molar-refractivity contribution in [1.29, 1.82) is 0 Å². The molecular formula is C130H86N6O5S2Se2. The van der Waals surface area contributed by atoms with Gasteiger partial charge in [0, 0.05) is 75.4 Å². The van der Waals surface area contributed by atoms with Crippen LogP contribution in [0.2, 0.25) is 0 Å². The molecule has 0 aliphatic carbocycles. The Hall–Kier alpha value is -16.6. The summed E-state index contributed by atoms with van der Waals surface area (Å²) in [4.78, 5) is 19.6. The second-order valence-corrected chi connectivity index (χ2v) is 45.0. The Labute approximate surface area is 857 Å². The van der Waals surface area contributed by atoms with Gasteiger partial charge in [-0.2, -0.15) is 0 Å². The van der Waals surface area contributed by atoms with Gasteiger partial charge in [0.15, 0.2) is 23.0 Å². The Morgan fingerprint density at radius 1 is 0.179 bits per heavy atom. The summed E-state index contributed by atoms with van der Waals surface area (Å²) >= 11 is 4.05. The van der Waals surface area contributed by atoms with Crippen molar-refractivity contribution < 1.29 is 22.7 Å². The average Bonchev–Trinajstić information content (AvgIpc) is 1.27. The molecule has 31 rings (SSSR count). The van der Waals surface area contributed by atoms with Crippen LogP contribution in [0.4, 0.5) is 102 Å². The molecule has 6 aliphatic heterocycles. The van der Waals surface area contributed by atoms with E-state index in [1.807, 2.05) is 66.0 Å². The standard InChI is InChI=1S/C46H30N2OSe2.C42H28N2O3.C42H28N2OS2/c1-27-19-21-36-42(23-27)51-43-24-28(2)20-22-37(43)47(36)45-30-12-3-5-14-32(30)46(33-15-6-4-13-31(33)45)48-35-16-8-10-18-41(35)50-44-25-34-29-11-7-9-17-39(29)49-40(34)26-38(44)48;1-25-11-17-34-40(19-25)47-41-20-26(2)12-18-35(41)43(34)29-15-13-28-22-30(16-14-27(28)21-29)44-33-8-4-6-10-38(33)46-42-23-32-31-7-3-5-9-37(31)45-39(32)24-36(42)44;1-25-17-19-34-40(21-25)47-41-22-26(2)18-20-35(41)43(34)31-13-7-11-28-27(31)10-8-14-32(28)44-33-12-4-6-16-39(33)46-42-23-30-29-9-3-5-15-37(29)45-38(30)24-36(42)44/h3-26H,1-2H3;2*3-24H,1-2H3. The van der Waals surface area contributed by atoms with Crippen LogP contribution in [-0.2, 0) is 0 Å². The maximum atomic E-state index is 6.52. The molecule has 25 aromatic rings. The first kappa shape index (κ1) is 85.2. The number of ether oxygens (including phenoxy) is 2. The number of fused-ring (bicyclic) bond motifs is 25. The van der Waals surface area contributed by atoms with Crippen LogP contribution in [0.5, 0.6) is 23.0 Å². The van der Waals surface area contributed by atoms with Gasteiger partial charge in [0.25, 0.3) is 0 Å². The molecule has 11 nitrogen and oxygen atoms in total. The number of para-hydroxylation sites is 7. The van der Waals surface area contributed by atoms with Crippen molar-refractivity contribution in [1.82, 2.24) is 0 Å². The molecule has 3 aromatic heterocycles. The van der Waals surface area contributed by atoms with Gasteiger partial charge < -0.3 is 37.9 Å². The van der Waals surface area contributed by atoms with Crippen LogP contribution in [0.15, 0.2) is 445 Å². The fourth-order valence-corrected chi connectivity index (χ4v) is 29.5. The summed E-state index contributed by atoms with van der Waals surface area (Å²) in [5.41, 5.74) is 33.5. The third-order valence-corrected chi connectivity index (χ3v) is 35.7. The third kappa shape index (κ3) is 13.9. The number of benzene rings is 22. The fourth-order valence-electron chi connectivity index (χ4n) is 22.3. The van der Waals surface area contributed by atoms with E-state index in [2.05, 4.69) is 441 Å². The Balaban J connectivity index is 0.000000103. The molecular weight excluding hydrogens is 1950 g/mol. The van der Waals surface area contributed by atoms with E-state index in [4.69, 9.17) is 22.7 Å². The van der Waals surface area contributed by atoms with Gasteiger partial charge in [-0.1, -0.05) is 145 Å². The van der Waals surface area contributed by atoms with E-state index in [9.17, 15) is 0 Å². The van der Waals surface area contributed by atoms with Crippen LogP contribution in [0.25, 0.3) is 109 Å². The predicted molar refractivity (Wildman–Crippen MR) is 606 cm³/mol. The normalized spacial score (nSPS) is 13.4. The van der Waals surface area contributed by atoms with E-state index in [1.165, 1.54) is 160 Å². The summed E-state index contributed by atoms with van der Waals surface area (Å²) in [6.07, 6.45) is 0. The molecule has 0 bridgehead atoms. The van der Waals surface area contributed by atoms with Crippen LogP contribution >= 0.6 is 23.5 Å². The zero-order valence-corrected chi connectivity index (χ0v) is 84.7. The summed E-state index contributed by atoms with van der Waals surface area (Å²) in [5.74, 6) is 3.34. The molecule has 15 heteroatoms. The van der Waals surface area contributed by atoms with E-state index in [-0.39, 0.29) is 29.9 Å². The minimum absolute atomic E-state index is 0.139. The summed E-state index contributed by atoms with van der Waals surface area (Å²) in [6.45, 7) is 13.0. The summed E-state index contributed by atoms with van der Waals surface area (Å²) in [7, 11) is 0. The Kier molecular flexibility index (Phi) is 19.7. The van der Waals surface area contributed by atoms with Gasteiger partial charge in [-0.25, -0.2) is 0 Å². The van der Waals surface area contributed by atoms with Crippen molar-refractivity contribution in [3.8, 4) is 23.0 Å². The molecule has 0 N–H and O–H groups in total. The van der Waals surface area contributed by atoms with Crippen LogP contribution in [0.1, 0.15) is 33.4 Å². The topological polar surface area (TPSA) is 77.3 Å². The molecule has 0 unspecified atom stereocenters. The summed E-state index contributed by atoms with van der Waals surface area (Å²) in [5, 5.41) is 16.4. The average molecular weight is 2030 g/mol. The Morgan fingerprint density at radius 2 is 0.524 bits per heavy atom. The van der Waals surface area contributed by atoms with Gasteiger partial charge in [0.2, 0.25) is 0 Å². The van der Waals surface area contributed by atoms with Crippen LogP contribution in [0, 0.1) is 41.5 Å². The van der Waals surface area contributed by atoms with Gasteiger partial charge in [0.05, 0.1) is 56.9 Å². The molecule has 22 aromatic carbocycles. The minimum atomic E-state index is 0.139. The van der Waals surface area contributed by atoms with Gasteiger partial charge in [0.1, 0.15) is 22.3 Å². The summed E-state index contributed by atoms with van der Waals surface area (Å²) < 4.78 is 37.7. The van der Waals surface area contributed by atoms with Crippen molar-refractivity contribution in [2.75, 3.05) is 29.4 Å². The van der Waals surface area contributed by atoms with E-state index < -0.39 is 0 Å². The number of furan rings is 3. The first-order valence-corrected chi connectivity index (χ1v) is 54.0. The molecule has 0 atom stereocenters. The molecule has 0 amide bonds. The first-order valence-electron chi connectivity index (χ1n) is 48.9. The zero-order chi connectivity index (χ0) is 96.2. The number of hydrogen-bond donors (Lipinski definition) is 0. The maximum absolute atomic E-state index is 6.52. The number of nitrogens with zero attached hydrogens (tertiary/aromatic N) is 6. The van der Waals surface area contributed by atoms with Crippen molar-refractivity contribution in [2.24, 2.45) is 0 Å². The molecule has 9 heterocycles. The van der Waals surface area contributed by atoms with E-state index in [1.54, 1.807) is 0 Å². The molecule has 0 radical (unpaired) electrons. The SMILES string of the molecule is Cc1ccc2c(c1)Oc1cc(C)ccc1N2c1ccc2cc(N3c4ccccc4Oc4cc5c(cc43)oc3ccccc35)ccc2c1.Cc1ccc2c(c1)Sc1cc(C)ccc1N2c1cccc2c(N3c4ccccc4Sc4cc5c(cc43)oc3ccccc35)cccc12.Cc1ccc2c(c1)[Se]c1cc(C)ccc1N2c1c2ccccc2c(N2c3ccccc3[Se]c3cc4c(cc32)oc2ccccc24)c2ccccc12. The quantitative estimate of drug-likeness (QED) is 0.117. The fraction of sp³-hybridized carbons (Fsp3) is 0.0462. The van der Waals surface area contributed by atoms with Crippen molar-refractivity contribution in [3.05, 3.63) is 446 Å². The molecule has 690 valence electrons. The number of hydrogen-bond acceptors (Lipinski definition) is 13. The van der Waals surface area contributed by atoms with Crippen LogP contribution in [-0.4, -0.2) is 29.9 Å². The van der Waals surface area contributed by atoms with Gasteiger partial charge in [-0.3, -0.25) is 0 Å². The first-order chi connectivity index (χ1) is 71.3. The van der Waals surface area contributed by atoms with Crippen molar-refractivity contribution in [3.63, 3.8) is 0 Å².